The number of likely N-dealkylation sites (N-methyl/N-ethyl adjacent to an activating group) is 1. The fraction of sp³-hybridized carbons (Fsp3) is 0.323. The minimum absolute atomic E-state index is 0.00657. The van der Waals surface area contributed by atoms with Crippen molar-refractivity contribution in [2.24, 2.45) is 0 Å². The van der Waals surface area contributed by atoms with Crippen LogP contribution in [0.25, 0.3) is 33.4 Å². The van der Waals surface area contributed by atoms with Crippen LogP contribution < -0.4 is 15.6 Å². The van der Waals surface area contributed by atoms with E-state index in [1.165, 1.54) is 42.5 Å². The Morgan fingerprint density at radius 3 is 2.44 bits per heavy atom. The van der Waals surface area contributed by atoms with E-state index >= 15 is 0 Å². The molecule has 4 rings (SSSR count). The molecule has 1 heterocycles. The largest absolute Gasteiger partial charge is 0.756 e. The summed E-state index contributed by atoms with van der Waals surface area (Å²) in [6.07, 6.45) is 0. The number of carboxylic acids is 1. The molecule has 2 aromatic rings. The number of ether oxygens (including phenoxy) is 1. The molecule has 13 nitrogen and oxygen atoms in total. The maximum atomic E-state index is 12.9. The van der Waals surface area contributed by atoms with E-state index in [0.717, 1.165) is 0 Å². The van der Waals surface area contributed by atoms with Crippen molar-refractivity contribution in [3.63, 3.8) is 0 Å². The first-order valence-corrected chi connectivity index (χ1v) is 15.6. The van der Waals surface area contributed by atoms with E-state index in [4.69, 9.17) is 13.7 Å². The monoisotopic (exact) mass is 642 g/mol. The summed E-state index contributed by atoms with van der Waals surface area (Å²) < 4.78 is 32.8. The third-order valence-electron chi connectivity index (χ3n) is 7.06. The van der Waals surface area contributed by atoms with E-state index < -0.39 is 19.7 Å². The lowest BCUT2D eigenvalue weighted by atomic mass is 9.90. The number of hydrogen-bond donors (Lipinski definition) is 3. The van der Waals surface area contributed by atoms with Crippen LogP contribution in [0.3, 0.4) is 0 Å². The average Bonchev–Trinajstić information content (AvgIpc) is 2.96. The first-order chi connectivity index (χ1) is 21.3. The molecular formula is C31H35N2O11P. The van der Waals surface area contributed by atoms with Crippen LogP contribution >= 0.6 is 7.82 Å². The Bertz CT molecular complexity index is 1770. The second-order valence-corrected chi connectivity index (χ2v) is 12.2. The predicted octanol–water partition coefficient (Wildman–Crippen LogP) is 3.31. The van der Waals surface area contributed by atoms with Gasteiger partial charge in [0.05, 0.1) is 39.5 Å². The van der Waals surface area contributed by atoms with Gasteiger partial charge in [-0.3, -0.25) is 14.2 Å². The maximum absolute atomic E-state index is 12.9. The van der Waals surface area contributed by atoms with Crippen molar-refractivity contribution in [2.45, 2.75) is 6.92 Å². The summed E-state index contributed by atoms with van der Waals surface area (Å²) >= 11 is 0. The van der Waals surface area contributed by atoms with Crippen molar-refractivity contribution in [2.75, 3.05) is 60.2 Å². The summed E-state index contributed by atoms with van der Waals surface area (Å²) in [4.78, 5) is 48.8. The van der Waals surface area contributed by atoms with Gasteiger partial charge in [0.15, 0.2) is 5.43 Å². The number of amides is 1. The lowest BCUT2D eigenvalue weighted by molar-refractivity contribution is -0.890. The van der Waals surface area contributed by atoms with Crippen molar-refractivity contribution >= 4 is 30.7 Å². The fourth-order valence-corrected chi connectivity index (χ4v) is 5.39. The van der Waals surface area contributed by atoms with Gasteiger partial charge in [-0.1, -0.05) is 6.07 Å². The van der Waals surface area contributed by atoms with Gasteiger partial charge in [0.1, 0.15) is 36.8 Å². The Balaban J connectivity index is 1.41. The van der Waals surface area contributed by atoms with Gasteiger partial charge in [0.2, 0.25) is 0 Å². The SMILES string of the molecule is CCOP(=O)([O-])OCC[N+](C)(C)CCOCCNC(=O)c1ccc(-c2c3ccc(=O)cc-3oc3cc(O)ccc23)c(C(=O)O)c1. The average molecular weight is 643 g/mol. The molecule has 14 heteroatoms. The lowest BCUT2D eigenvalue weighted by Crippen LogP contribution is -2.45. The smallest absolute Gasteiger partial charge is 0.336 e. The molecule has 0 aromatic heterocycles. The molecule has 0 radical (unpaired) electrons. The summed E-state index contributed by atoms with van der Waals surface area (Å²) in [6, 6.07) is 12.9. The predicted molar refractivity (Wildman–Crippen MR) is 163 cm³/mol. The summed E-state index contributed by atoms with van der Waals surface area (Å²) in [6.45, 7) is 3.22. The number of nitrogens with zero attached hydrogens (tertiary/aromatic N) is 1. The Morgan fingerprint density at radius 1 is 0.978 bits per heavy atom. The summed E-state index contributed by atoms with van der Waals surface area (Å²) in [5.74, 6) is -1.59. The molecule has 0 bridgehead atoms. The fourth-order valence-electron chi connectivity index (χ4n) is 4.69. The summed E-state index contributed by atoms with van der Waals surface area (Å²) in [5.41, 5.74) is 1.24. The van der Waals surface area contributed by atoms with E-state index in [2.05, 4.69) is 9.84 Å². The first kappa shape index (κ1) is 33.8. The lowest BCUT2D eigenvalue weighted by Gasteiger charge is -2.31. The molecule has 45 heavy (non-hydrogen) atoms. The number of carbonyl (C=O) groups excluding carboxylic acids is 1. The summed E-state index contributed by atoms with van der Waals surface area (Å²) in [7, 11) is -0.495. The zero-order valence-corrected chi connectivity index (χ0v) is 26.0. The number of carboxylic acid groups (broad SMARTS) is 1. The number of fused-ring (bicyclic) bond motifs is 2. The number of quaternary nitrogens is 1. The number of rotatable bonds is 15. The van der Waals surface area contributed by atoms with Crippen LogP contribution in [-0.2, 0) is 18.3 Å². The highest BCUT2D eigenvalue weighted by Crippen LogP contribution is 2.42. The molecule has 1 atom stereocenters. The molecular weight excluding hydrogens is 607 g/mol. The number of carbonyl (C=O) groups is 2. The highest BCUT2D eigenvalue weighted by molar-refractivity contribution is 7.45. The number of phenolic OH excluding ortho intramolecular Hbond substituents is 1. The minimum Gasteiger partial charge on any atom is -0.756 e. The van der Waals surface area contributed by atoms with E-state index in [9.17, 15) is 34.1 Å². The van der Waals surface area contributed by atoms with Crippen LogP contribution in [-0.4, -0.2) is 86.7 Å². The van der Waals surface area contributed by atoms with E-state index in [-0.39, 0.29) is 60.0 Å². The zero-order chi connectivity index (χ0) is 32.8. The van der Waals surface area contributed by atoms with Crippen molar-refractivity contribution in [3.05, 3.63) is 75.9 Å². The second-order valence-electron chi connectivity index (χ2n) is 10.8. The van der Waals surface area contributed by atoms with Crippen LogP contribution in [0.15, 0.2) is 63.8 Å². The van der Waals surface area contributed by atoms with Crippen molar-refractivity contribution in [1.82, 2.24) is 5.32 Å². The number of nitrogens with one attached hydrogen (secondary N) is 1. The number of benzene rings is 3. The highest BCUT2D eigenvalue weighted by Gasteiger charge is 2.23. The first-order valence-electron chi connectivity index (χ1n) is 14.2. The Kier molecular flexibility index (Phi) is 10.8. The van der Waals surface area contributed by atoms with Crippen molar-refractivity contribution in [3.8, 4) is 28.2 Å². The zero-order valence-electron chi connectivity index (χ0n) is 25.1. The van der Waals surface area contributed by atoms with Gasteiger partial charge in [-0.2, -0.15) is 0 Å². The highest BCUT2D eigenvalue weighted by atomic mass is 31.2. The van der Waals surface area contributed by atoms with Gasteiger partial charge in [-0.25, -0.2) is 4.79 Å². The van der Waals surface area contributed by atoms with Gasteiger partial charge in [0, 0.05) is 40.8 Å². The van der Waals surface area contributed by atoms with E-state index in [1.54, 1.807) is 19.1 Å². The van der Waals surface area contributed by atoms with Crippen LogP contribution in [0.4, 0.5) is 0 Å². The van der Waals surface area contributed by atoms with E-state index in [0.29, 0.717) is 46.3 Å². The van der Waals surface area contributed by atoms with Crippen molar-refractivity contribution in [1.29, 1.82) is 0 Å². The molecule has 0 saturated carbocycles. The van der Waals surface area contributed by atoms with Crippen LogP contribution in [0.1, 0.15) is 27.6 Å². The van der Waals surface area contributed by atoms with Crippen LogP contribution in [0.2, 0.25) is 0 Å². The number of phosphoric acid groups is 1. The molecule has 2 aromatic carbocycles. The molecule has 3 N–H and O–H groups in total. The Hall–Kier alpha value is -4.10. The normalized spacial score (nSPS) is 13.2. The standard InChI is InChI=1S/C31H35N2O11P/c1-4-42-45(39,40)43-16-13-33(2,3)12-15-41-14-11-32-30(36)20-5-8-23(26(17-20)31(37)38)29-24-9-6-21(34)18-27(24)44-28-19-22(35)7-10-25(28)29/h5-10,17-19H,4,11-16H2,1-3H3,(H3-,32,34,35,36,37,38,39,40). The maximum Gasteiger partial charge on any atom is 0.336 e. The van der Waals surface area contributed by atoms with Crippen LogP contribution in [0.5, 0.6) is 5.75 Å². The topological polar surface area (TPSA) is 185 Å². The molecule has 0 fully saturated rings. The molecule has 0 saturated heterocycles. The van der Waals surface area contributed by atoms with Gasteiger partial charge >= 0.3 is 5.97 Å². The Morgan fingerprint density at radius 2 is 1.71 bits per heavy atom. The number of aromatic hydroxyl groups is 1. The van der Waals surface area contributed by atoms with Gasteiger partial charge in [0.25, 0.3) is 13.7 Å². The van der Waals surface area contributed by atoms with Crippen molar-refractivity contribution < 1.29 is 51.9 Å². The minimum atomic E-state index is -4.29. The molecule has 240 valence electrons. The third kappa shape index (κ3) is 8.76. The van der Waals surface area contributed by atoms with Gasteiger partial charge in [-0.15, -0.1) is 0 Å². The third-order valence-corrected chi connectivity index (χ3v) is 8.14. The van der Waals surface area contributed by atoms with E-state index in [1.807, 2.05) is 14.1 Å². The molecule has 1 unspecified atom stereocenters. The number of hydrogen-bond acceptors (Lipinski definition) is 10. The van der Waals surface area contributed by atoms with Gasteiger partial charge < -0.3 is 43.1 Å². The quantitative estimate of drug-likeness (QED) is 0.0748. The number of aromatic carboxylic acids is 1. The van der Waals surface area contributed by atoms with Gasteiger partial charge in [-0.05, 0) is 48.9 Å². The molecule has 2 aliphatic rings. The molecule has 1 aliphatic heterocycles. The number of phosphoric ester groups is 1. The van der Waals surface area contributed by atoms with Crippen LogP contribution in [0, 0.1) is 0 Å². The summed E-state index contributed by atoms with van der Waals surface area (Å²) in [5, 5.41) is 23.3. The molecule has 1 aliphatic carbocycles. The Labute approximate surface area is 259 Å². The molecule has 1 amide bonds. The molecule has 0 spiro atoms. The second kappa shape index (κ2) is 14.3. The number of phenols is 1.